The zero-order chi connectivity index (χ0) is 20.6. The Labute approximate surface area is 165 Å². The molecule has 10 heteroatoms. The number of halogens is 1. The van der Waals surface area contributed by atoms with E-state index in [9.17, 15) is 4.39 Å². The van der Waals surface area contributed by atoms with Crippen LogP contribution in [-0.4, -0.2) is 29.0 Å². The van der Waals surface area contributed by atoms with Crippen molar-refractivity contribution in [1.82, 2.24) is 10.3 Å². The van der Waals surface area contributed by atoms with Crippen molar-refractivity contribution < 1.29 is 18.5 Å². The summed E-state index contributed by atoms with van der Waals surface area (Å²) in [4.78, 5) is 0. The molecule has 0 saturated carbocycles. The number of anilines is 1. The van der Waals surface area contributed by atoms with Gasteiger partial charge in [0.25, 0.3) is 0 Å². The van der Waals surface area contributed by atoms with Gasteiger partial charge in [-0.15, -0.1) is 5.10 Å². The lowest BCUT2D eigenvalue weighted by molar-refractivity contribution is 0.269. The SMILES string of the molecule is CCOc1cc(/C=N\N=C(\N)c2nonc2N)ccc1OCc1ccc(F)cc1. The Hall–Kier alpha value is -3.95. The smallest absolute Gasteiger partial charge is 0.199 e. The van der Waals surface area contributed by atoms with Crippen LogP contribution in [0.2, 0.25) is 0 Å². The third kappa shape index (κ3) is 5.28. The van der Waals surface area contributed by atoms with Gasteiger partial charge in [-0.25, -0.2) is 9.02 Å². The Bertz CT molecular complexity index is 1020. The number of amidine groups is 1. The summed E-state index contributed by atoms with van der Waals surface area (Å²) in [5.74, 6) is 0.809. The van der Waals surface area contributed by atoms with Crippen LogP contribution in [0, 0.1) is 5.82 Å². The number of hydrogen-bond acceptors (Lipinski definition) is 8. The summed E-state index contributed by atoms with van der Waals surface area (Å²) in [6, 6.07) is 11.4. The molecule has 1 aromatic heterocycles. The highest BCUT2D eigenvalue weighted by Gasteiger charge is 2.10. The van der Waals surface area contributed by atoms with E-state index in [4.69, 9.17) is 20.9 Å². The Kier molecular flexibility index (Phi) is 6.36. The molecule has 0 aliphatic heterocycles. The van der Waals surface area contributed by atoms with Crippen LogP contribution in [0.1, 0.15) is 23.7 Å². The summed E-state index contributed by atoms with van der Waals surface area (Å²) in [5.41, 5.74) is 13.0. The number of nitrogen functional groups attached to an aromatic ring is 1. The predicted octanol–water partition coefficient (Wildman–Crippen LogP) is 2.51. The van der Waals surface area contributed by atoms with E-state index in [1.165, 1.54) is 18.3 Å². The molecule has 0 atom stereocenters. The normalized spacial score (nSPS) is 11.7. The van der Waals surface area contributed by atoms with Gasteiger partial charge in [-0.1, -0.05) is 12.1 Å². The molecule has 0 aliphatic rings. The van der Waals surface area contributed by atoms with E-state index in [0.717, 1.165) is 5.56 Å². The predicted molar refractivity (Wildman–Crippen MR) is 105 cm³/mol. The molecule has 4 N–H and O–H groups in total. The van der Waals surface area contributed by atoms with Crippen molar-refractivity contribution in [3.63, 3.8) is 0 Å². The number of nitrogens with zero attached hydrogens (tertiary/aromatic N) is 4. The fourth-order valence-corrected chi connectivity index (χ4v) is 2.31. The van der Waals surface area contributed by atoms with Gasteiger partial charge in [-0.05, 0) is 58.7 Å². The molecule has 0 radical (unpaired) electrons. The van der Waals surface area contributed by atoms with Crippen LogP contribution in [0.5, 0.6) is 11.5 Å². The van der Waals surface area contributed by atoms with Crippen molar-refractivity contribution in [2.75, 3.05) is 12.3 Å². The molecule has 1 heterocycles. The van der Waals surface area contributed by atoms with Crippen LogP contribution in [0.3, 0.4) is 0 Å². The minimum Gasteiger partial charge on any atom is -0.490 e. The lowest BCUT2D eigenvalue weighted by Crippen LogP contribution is -2.15. The summed E-state index contributed by atoms with van der Waals surface area (Å²) < 4.78 is 28.9. The van der Waals surface area contributed by atoms with E-state index in [1.54, 1.807) is 30.3 Å². The van der Waals surface area contributed by atoms with Gasteiger partial charge in [0.2, 0.25) is 0 Å². The molecule has 0 unspecified atom stereocenters. The number of ether oxygens (including phenoxy) is 2. The third-order valence-corrected chi connectivity index (χ3v) is 3.70. The number of hydrogen-bond donors (Lipinski definition) is 2. The summed E-state index contributed by atoms with van der Waals surface area (Å²) in [5, 5.41) is 14.7. The molecule has 9 nitrogen and oxygen atoms in total. The van der Waals surface area contributed by atoms with Crippen LogP contribution in [0.25, 0.3) is 0 Å². The molecular formula is C19H19FN6O3. The second-order valence-electron chi connectivity index (χ2n) is 5.78. The van der Waals surface area contributed by atoms with Gasteiger partial charge in [-0.3, -0.25) is 0 Å². The number of aromatic nitrogens is 2. The minimum atomic E-state index is -0.293. The molecule has 0 bridgehead atoms. The van der Waals surface area contributed by atoms with E-state index >= 15 is 0 Å². The van der Waals surface area contributed by atoms with E-state index in [-0.39, 0.29) is 29.8 Å². The van der Waals surface area contributed by atoms with Crippen molar-refractivity contribution in [3.8, 4) is 11.5 Å². The average molecular weight is 398 g/mol. The summed E-state index contributed by atoms with van der Waals surface area (Å²) >= 11 is 0. The molecule has 0 amide bonds. The monoisotopic (exact) mass is 398 g/mol. The van der Waals surface area contributed by atoms with Gasteiger partial charge in [0.05, 0.1) is 12.8 Å². The first-order valence-corrected chi connectivity index (χ1v) is 8.65. The van der Waals surface area contributed by atoms with Gasteiger partial charge in [0, 0.05) is 0 Å². The molecule has 150 valence electrons. The largest absolute Gasteiger partial charge is 0.490 e. The van der Waals surface area contributed by atoms with E-state index in [1.807, 2.05) is 6.92 Å². The van der Waals surface area contributed by atoms with Crippen LogP contribution in [0.4, 0.5) is 10.2 Å². The molecule has 29 heavy (non-hydrogen) atoms. The second-order valence-corrected chi connectivity index (χ2v) is 5.78. The zero-order valence-electron chi connectivity index (χ0n) is 15.6. The highest BCUT2D eigenvalue weighted by molar-refractivity contribution is 5.99. The maximum atomic E-state index is 13.0. The van der Waals surface area contributed by atoms with E-state index in [0.29, 0.717) is 23.7 Å². The van der Waals surface area contributed by atoms with Crippen LogP contribution >= 0.6 is 0 Å². The first kappa shape index (κ1) is 19.8. The fourth-order valence-electron chi connectivity index (χ4n) is 2.31. The first-order chi connectivity index (χ1) is 14.1. The van der Waals surface area contributed by atoms with Gasteiger partial charge in [0.1, 0.15) is 12.4 Å². The van der Waals surface area contributed by atoms with Crippen LogP contribution in [0.15, 0.2) is 57.3 Å². The van der Waals surface area contributed by atoms with Crippen molar-refractivity contribution in [3.05, 3.63) is 65.1 Å². The molecule has 2 aromatic carbocycles. The van der Waals surface area contributed by atoms with Gasteiger partial charge in [0.15, 0.2) is 28.8 Å². The molecule has 0 spiro atoms. The van der Waals surface area contributed by atoms with Gasteiger partial charge in [-0.2, -0.15) is 5.10 Å². The highest BCUT2D eigenvalue weighted by atomic mass is 19.1. The van der Waals surface area contributed by atoms with Crippen LogP contribution < -0.4 is 20.9 Å². The molecule has 3 rings (SSSR count). The number of benzene rings is 2. The molecule has 0 saturated heterocycles. The first-order valence-electron chi connectivity index (χ1n) is 8.65. The quantitative estimate of drug-likeness (QED) is 0.338. The Balaban J connectivity index is 1.71. The van der Waals surface area contributed by atoms with Crippen molar-refractivity contribution in [1.29, 1.82) is 0 Å². The van der Waals surface area contributed by atoms with Crippen LogP contribution in [-0.2, 0) is 6.61 Å². The number of nitrogens with two attached hydrogens (primary N) is 2. The second kappa shape index (κ2) is 9.31. The number of rotatable bonds is 8. The van der Waals surface area contributed by atoms with Crippen molar-refractivity contribution >= 4 is 17.9 Å². The highest BCUT2D eigenvalue weighted by Crippen LogP contribution is 2.29. The standard InChI is InChI=1S/C19H19FN6O3/c1-2-27-16-9-13(10-23-24-18(21)17-19(22)26-29-25-17)5-8-15(16)28-11-12-3-6-14(20)7-4-12/h3-10H,2,11H2,1H3,(H2,21,24)(H2,22,26)/b23-10-. The fraction of sp³-hybridized carbons (Fsp3) is 0.158. The van der Waals surface area contributed by atoms with Gasteiger partial charge >= 0.3 is 0 Å². The zero-order valence-corrected chi connectivity index (χ0v) is 15.6. The lowest BCUT2D eigenvalue weighted by Gasteiger charge is -2.12. The lowest BCUT2D eigenvalue weighted by atomic mass is 10.2. The molecule has 0 fully saturated rings. The summed E-state index contributed by atoms with van der Waals surface area (Å²) in [7, 11) is 0. The van der Waals surface area contributed by atoms with Gasteiger partial charge < -0.3 is 20.9 Å². The molecule has 3 aromatic rings. The molecular weight excluding hydrogens is 379 g/mol. The summed E-state index contributed by atoms with van der Waals surface area (Å²) in [6.07, 6.45) is 1.49. The maximum Gasteiger partial charge on any atom is 0.199 e. The summed E-state index contributed by atoms with van der Waals surface area (Å²) in [6.45, 7) is 2.60. The average Bonchev–Trinajstić information content (AvgIpc) is 3.15. The van der Waals surface area contributed by atoms with Crippen molar-refractivity contribution in [2.45, 2.75) is 13.5 Å². The minimum absolute atomic E-state index is 0.0238. The molecule has 0 aliphatic carbocycles. The van der Waals surface area contributed by atoms with Crippen molar-refractivity contribution in [2.24, 2.45) is 15.9 Å². The Morgan fingerprint density at radius 3 is 2.62 bits per heavy atom. The maximum absolute atomic E-state index is 13.0. The van der Waals surface area contributed by atoms with E-state index < -0.39 is 0 Å². The Morgan fingerprint density at radius 2 is 1.93 bits per heavy atom. The third-order valence-electron chi connectivity index (χ3n) is 3.70. The Morgan fingerprint density at radius 1 is 1.14 bits per heavy atom. The topological polar surface area (TPSA) is 134 Å². The van der Waals surface area contributed by atoms with E-state index in [2.05, 4.69) is 25.1 Å².